The van der Waals surface area contributed by atoms with E-state index in [0.717, 1.165) is 5.56 Å². The number of hydrogen-bond donors (Lipinski definition) is 3. The van der Waals surface area contributed by atoms with Crippen LogP contribution in [0.1, 0.15) is 12.2 Å². The second kappa shape index (κ2) is 5.35. The van der Waals surface area contributed by atoms with Crippen molar-refractivity contribution in [2.75, 3.05) is 11.9 Å². The fourth-order valence-electron chi connectivity index (χ4n) is 2.28. The first-order valence-corrected chi connectivity index (χ1v) is 6.69. The molecule has 7 nitrogen and oxygen atoms in total. The van der Waals surface area contributed by atoms with Gasteiger partial charge in [-0.1, -0.05) is 12.1 Å². The summed E-state index contributed by atoms with van der Waals surface area (Å²) in [6, 6.07) is 7.33. The number of carbonyl (C=O) groups excluding carboxylic acids is 2. The average molecular weight is 285 g/mol. The highest BCUT2D eigenvalue weighted by Crippen LogP contribution is 2.25. The van der Waals surface area contributed by atoms with Crippen LogP contribution < -0.4 is 10.6 Å². The predicted molar refractivity (Wildman–Crippen MR) is 76.3 cm³/mol. The zero-order valence-electron chi connectivity index (χ0n) is 11.5. The Balaban J connectivity index is 1.82. The van der Waals surface area contributed by atoms with Gasteiger partial charge in [-0.25, -0.2) is 4.98 Å². The highest BCUT2D eigenvalue weighted by molar-refractivity contribution is 5.99. The van der Waals surface area contributed by atoms with E-state index in [9.17, 15) is 9.59 Å². The molecule has 108 valence electrons. The van der Waals surface area contributed by atoms with Gasteiger partial charge in [-0.15, -0.1) is 0 Å². The largest absolute Gasteiger partial charge is 0.355 e. The van der Waals surface area contributed by atoms with E-state index in [-0.39, 0.29) is 24.2 Å². The van der Waals surface area contributed by atoms with Crippen molar-refractivity contribution in [2.24, 2.45) is 5.92 Å². The number of aromatic nitrogens is 3. The Kier molecular flexibility index (Phi) is 3.39. The maximum Gasteiger partial charge on any atom is 0.229 e. The van der Waals surface area contributed by atoms with Gasteiger partial charge in [0.25, 0.3) is 0 Å². The molecule has 0 spiro atoms. The summed E-state index contributed by atoms with van der Waals surface area (Å²) in [6.45, 7) is 2.19. The molecule has 3 rings (SSSR count). The molecular formula is C14H15N5O2. The molecule has 1 fully saturated rings. The molecule has 1 atom stereocenters. The van der Waals surface area contributed by atoms with Crippen LogP contribution in [0, 0.1) is 12.8 Å². The molecule has 1 aromatic heterocycles. The molecule has 7 heteroatoms. The van der Waals surface area contributed by atoms with Gasteiger partial charge in [-0.05, 0) is 19.1 Å². The summed E-state index contributed by atoms with van der Waals surface area (Å²) in [7, 11) is 0. The van der Waals surface area contributed by atoms with Crippen LogP contribution in [-0.2, 0) is 9.59 Å². The van der Waals surface area contributed by atoms with Crippen LogP contribution in [0.25, 0.3) is 11.4 Å². The van der Waals surface area contributed by atoms with Crippen molar-refractivity contribution in [1.82, 2.24) is 20.5 Å². The molecule has 1 aliphatic heterocycles. The molecule has 1 saturated heterocycles. The van der Waals surface area contributed by atoms with Crippen LogP contribution >= 0.6 is 0 Å². The van der Waals surface area contributed by atoms with E-state index >= 15 is 0 Å². The van der Waals surface area contributed by atoms with E-state index in [0.29, 0.717) is 23.9 Å². The summed E-state index contributed by atoms with van der Waals surface area (Å²) in [5, 5.41) is 12.4. The summed E-state index contributed by atoms with van der Waals surface area (Å²) in [5.41, 5.74) is 1.38. The number of benzene rings is 1. The first-order valence-electron chi connectivity index (χ1n) is 6.69. The number of amides is 2. The first-order chi connectivity index (χ1) is 10.1. The number of carbonyl (C=O) groups is 2. The Hall–Kier alpha value is -2.70. The van der Waals surface area contributed by atoms with Crippen LogP contribution in [0.4, 0.5) is 5.69 Å². The van der Waals surface area contributed by atoms with Gasteiger partial charge in [0.15, 0.2) is 5.82 Å². The van der Waals surface area contributed by atoms with Crippen molar-refractivity contribution in [3.8, 4) is 11.4 Å². The molecule has 0 bridgehead atoms. The number of nitrogens with zero attached hydrogens (tertiary/aromatic N) is 2. The number of para-hydroxylation sites is 1. The zero-order chi connectivity index (χ0) is 14.8. The molecule has 1 aromatic carbocycles. The molecule has 2 amide bonds. The molecule has 2 aromatic rings. The number of nitrogens with one attached hydrogen (secondary N) is 3. The van der Waals surface area contributed by atoms with Gasteiger partial charge in [0.2, 0.25) is 11.8 Å². The molecule has 2 heterocycles. The van der Waals surface area contributed by atoms with Crippen molar-refractivity contribution in [3.05, 3.63) is 30.1 Å². The van der Waals surface area contributed by atoms with Crippen LogP contribution in [0.15, 0.2) is 24.3 Å². The lowest BCUT2D eigenvalue weighted by molar-refractivity contribution is -0.123. The molecule has 0 radical (unpaired) electrons. The monoisotopic (exact) mass is 285 g/mol. The Labute approximate surface area is 121 Å². The molecular weight excluding hydrogens is 270 g/mol. The van der Waals surface area contributed by atoms with Crippen LogP contribution in [0.2, 0.25) is 0 Å². The number of aryl methyl sites for hydroxylation is 1. The third-order valence-electron chi connectivity index (χ3n) is 3.37. The minimum atomic E-state index is -0.334. The molecule has 3 N–H and O–H groups in total. The quantitative estimate of drug-likeness (QED) is 0.778. The SMILES string of the molecule is Cc1nc(-c2ccccc2NC(=O)C2CNC(=O)C2)n[nH]1. The Bertz CT molecular complexity index is 694. The van der Waals surface area contributed by atoms with E-state index in [1.54, 1.807) is 6.07 Å². The van der Waals surface area contributed by atoms with Gasteiger partial charge in [0.05, 0.1) is 11.6 Å². The van der Waals surface area contributed by atoms with Gasteiger partial charge < -0.3 is 10.6 Å². The lowest BCUT2D eigenvalue weighted by Crippen LogP contribution is -2.24. The second-order valence-corrected chi connectivity index (χ2v) is 4.98. The maximum atomic E-state index is 12.2. The number of anilines is 1. The minimum Gasteiger partial charge on any atom is -0.355 e. The van der Waals surface area contributed by atoms with Crippen molar-refractivity contribution in [2.45, 2.75) is 13.3 Å². The van der Waals surface area contributed by atoms with E-state index in [1.807, 2.05) is 25.1 Å². The summed E-state index contributed by atoms with van der Waals surface area (Å²) >= 11 is 0. The lowest BCUT2D eigenvalue weighted by atomic mass is 10.1. The van der Waals surface area contributed by atoms with Gasteiger partial charge >= 0.3 is 0 Å². The summed E-state index contributed by atoms with van der Waals surface area (Å²) in [4.78, 5) is 27.7. The Morgan fingerprint density at radius 3 is 2.86 bits per heavy atom. The molecule has 1 unspecified atom stereocenters. The highest BCUT2D eigenvalue weighted by Gasteiger charge is 2.28. The molecule has 0 aliphatic carbocycles. The summed E-state index contributed by atoms with van der Waals surface area (Å²) in [5.74, 6) is 0.640. The van der Waals surface area contributed by atoms with Crippen molar-refractivity contribution in [3.63, 3.8) is 0 Å². The summed E-state index contributed by atoms with van der Waals surface area (Å²) in [6.07, 6.45) is 0.230. The third-order valence-corrected chi connectivity index (χ3v) is 3.37. The standard InChI is InChI=1S/C14H15N5O2/c1-8-16-13(19-18-8)10-4-2-3-5-11(10)17-14(21)9-6-12(20)15-7-9/h2-5,9H,6-7H2,1H3,(H,15,20)(H,17,21)(H,16,18,19). The van der Waals surface area contributed by atoms with E-state index in [4.69, 9.17) is 0 Å². The Morgan fingerprint density at radius 1 is 1.38 bits per heavy atom. The van der Waals surface area contributed by atoms with E-state index < -0.39 is 0 Å². The van der Waals surface area contributed by atoms with Crippen molar-refractivity contribution in [1.29, 1.82) is 0 Å². The fourth-order valence-corrected chi connectivity index (χ4v) is 2.28. The minimum absolute atomic E-state index is 0.0898. The van der Waals surface area contributed by atoms with Crippen molar-refractivity contribution >= 4 is 17.5 Å². The Morgan fingerprint density at radius 2 is 2.19 bits per heavy atom. The topological polar surface area (TPSA) is 99.8 Å². The smallest absolute Gasteiger partial charge is 0.229 e. The highest BCUT2D eigenvalue weighted by atomic mass is 16.2. The van der Waals surface area contributed by atoms with Crippen LogP contribution in [0.3, 0.4) is 0 Å². The maximum absolute atomic E-state index is 12.2. The second-order valence-electron chi connectivity index (χ2n) is 4.98. The number of aromatic amines is 1. The first kappa shape index (κ1) is 13.3. The molecule has 21 heavy (non-hydrogen) atoms. The zero-order valence-corrected chi connectivity index (χ0v) is 11.5. The lowest BCUT2D eigenvalue weighted by Gasteiger charge is -2.11. The van der Waals surface area contributed by atoms with Gasteiger partial charge in [-0.2, -0.15) is 5.10 Å². The fraction of sp³-hybridized carbons (Fsp3) is 0.286. The number of hydrogen-bond acceptors (Lipinski definition) is 4. The van der Waals surface area contributed by atoms with E-state index in [2.05, 4.69) is 25.8 Å². The third kappa shape index (κ3) is 2.76. The van der Waals surface area contributed by atoms with Gasteiger partial charge in [-0.3, -0.25) is 14.7 Å². The average Bonchev–Trinajstić information content (AvgIpc) is 3.08. The summed E-state index contributed by atoms with van der Waals surface area (Å²) < 4.78 is 0. The number of H-pyrrole nitrogens is 1. The molecule has 1 aliphatic rings. The number of rotatable bonds is 3. The van der Waals surface area contributed by atoms with E-state index in [1.165, 1.54) is 0 Å². The predicted octanol–water partition coefficient (Wildman–Crippen LogP) is 0.855. The van der Waals surface area contributed by atoms with Gasteiger partial charge in [0.1, 0.15) is 5.82 Å². The normalized spacial score (nSPS) is 17.6. The van der Waals surface area contributed by atoms with Crippen LogP contribution in [-0.4, -0.2) is 33.5 Å². The van der Waals surface area contributed by atoms with Gasteiger partial charge in [0, 0.05) is 18.5 Å². The van der Waals surface area contributed by atoms with Crippen LogP contribution in [0.5, 0.6) is 0 Å². The molecule has 0 saturated carbocycles. The van der Waals surface area contributed by atoms with Crippen molar-refractivity contribution < 1.29 is 9.59 Å².